The van der Waals surface area contributed by atoms with E-state index >= 15 is 0 Å². The van der Waals surface area contributed by atoms with Crippen LogP contribution in [0.1, 0.15) is 20.8 Å². The van der Waals surface area contributed by atoms with Crippen molar-refractivity contribution in [3.63, 3.8) is 0 Å². The average molecular weight is 531 g/mol. The number of halogens is 2. The van der Waals surface area contributed by atoms with Gasteiger partial charge in [0, 0.05) is 26.7 Å². The number of nitrogens with zero attached hydrogens (tertiary/aromatic N) is 2. The second-order valence-corrected chi connectivity index (χ2v) is 9.81. The second-order valence-electron chi connectivity index (χ2n) is 7.34. The van der Waals surface area contributed by atoms with Crippen molar-refractivity contribution in [2.75, 3.05) is 17.7 Å². The third-order valence-electron chi connectivity index (χ3n) is 5.00. The van der Waals surface area contributed by atoms with Crippen molar-refractivity contribution in [1.82, 2.24) is 9.78 Å². The molecule has 174 valence electrons. The highest BCUT2D eigenvalue weighted by molar-refractivity contribution is 7.80. The Balaban J connectivity index is 1.51. The van der Waals surface area contributed by atoms with Crippen LogP contribution < -0.4 is 10.6 Å². The molecule has 0 atom stereocenters. The molecule has 0 radical (unpaired) electrons. The third-order valence-corrected chi connectivity index (χ3v) is 6.81. The van der Waals surface area contributed by atoms with E-state index in [1.165, 1.54) is 18.4 Å². The number of hydrogen-bond donors (Lipinski definition) is 2. The predicted octanol–water partition coefficient (Wildman–Crippen LogP) is 6.87. The Kier molecular flexibility index (Phi) is 7.53. The first kappa shape index (κ1) is 24.2. The van der Waals surface area contributed by atoms with E-state index in [-0.39, 0.29) is 0 Å². The number of esters is 1. The van der Waals surface area contributed by atoms with E-state index in [9.17, 15) is 4.79 Å². The van der Waals surface area contributed by atoms with Gasteiger partial charge in [0.2, 0.25) is 0 Å². The van der Waals surface area contributed by atoms with Gasteiger partial charge in [0.05, 0.1) is 25.5 Å². The molecule has 4 rings (SSSR count). The van der Waals surface area contributed by atoms with Crippen LogP contribution in [0, 0.1) is 6.92 Å². The summed E-state index contributed by atoms with van der Waals surface area (Å²) in [5, 5.41) is 12.7. The molecule has 2 aromatic carbocycles. The molecular weight excluding hydrogens is 511 g/mol. The lowest BCUT2D eigenvalue weighted by Crippen LogP contribution is -2.19. The van der Waals surface area contributed by atoms with Gasteiger partial charge in [-0.2, -0.15) is 5.10 Å². The van der Waals surface area contributed by atoms with Gasteiger partial charge in [0.25, 0.3) is 0 Å². The van der Waals surface area contributed by atoms with E-state index in [4.69, 9.17) is 40.2 Å². The van der Waals surface area contributed by atoms with Gasteiger partial charge in [-0.1, -0.05) is 59.6 Å². The molecule has 0 unspecified atom stereocenters. The Morgan fingerprint density at radius 3 is 2.65 bits per heavy atom. The number of benzene rings is 2. The van der Waals surface area contributed by atoms with Crippen LogP contribution in [-0.2, 0) is 11.3 Å². The minimum Gasteiger partial charge on any atom is -0.465 e. The molecule has 0 fully saturated rings. The smallest absolute Gasteiger partial charge is 0.341 e. The summed E-state index contributed by atoms with van der Waals surface area (Å²) in [6.45, 7) is 2.45. The average Bonchev–Trinajstić information content (AvgIpc) is 3.38. The monoisotopic (exact) mass is 530 g/mol. The Labute approximate surface area is 216 Å². The number of nitrogens with one attached hydrogen (secondary N) is 2. The molecule has 0 spiro atoms. The zero-order valence-corrected chi connectivity index (χ0v) is 21.4. The van der Waals surface area contributed by atoms with E-state index in [0.717, 1.165) is 21.6 Å². The van der Waals surface area contributed by atoms with Crippen molar-refractivity contribution in [3.8, 4) is 11.1 Å². The molecule has 2 N–H and O–H groups in total. The number of ether oxygens (including phenoxy) is 1. The minimum atomic E-state index is -0.429. The Morgan fingerprint density at radius 2 is 1.94 bits per heavy atom. The highest BCUT2D eigenvalue weighted by Gasteiger charge is 2.24. The van der Waals surface area contributed by atoms with Crippen LogP contribution >= 0.6 is 46.8 Å². The van der Waals surface area contributed by atoms with Crippen molar-refractivity contribution in [2.45, 2.75) is 13.5 Å². The molecule has 0 aliphatic heterocycles. The van der Waals surface area contributed by atoms with Crippen LogP contribution in [0.4, 0.5) is 10.7 Å². The van der Waals surface area contributed by atoms with Gasteiger partial charge in [-0.25, -0.2) is 4.79 Å². The number of carbonyl (C=O) groups excluding carboxylic acids is 1. The number of methoxy groups -OCH3 is 1. The summed E-state index contributed by atoms with van der Waals surface area (Å²) in [6.07, 6.45) is 3.48. The van der Waals surface area contributed by atoms with Crippen LogP contribution in [0.25, 0.3) is 11.1 Å². The standard InChI is InChI=1S/C24H20Cl2N4O2S2/c1-14-20(15-6-4-3-5-7-15)21(23(31)32-2)22(34-14)29-24(33)28-18-11-27-30(13-18)12-16-8-9-17(25)10-19(16)26/h3-11,13H,12H2,1-2H3,(H2,28,29,33). The normalized spacial score (nSPS) is 10.7. The van der Waals surface area contributed by atoms with E-state index in [1.807, 2.05) is 49.5 Å². The first-order valence-electron chi connectivity index (χ1n) is 10.2. The van der Waals surface area contributed by atoms with Gasteiger partial charge in [-0.05, 0) is 42.4 Å². The number of hydrogen-bond acceptors (Lipinski definition) is 5. The predicted molar refractivity (Wildman–Crippen MR) is 143 cm³/mol. The Hall–Kier alpha value is -2.91. The van der Waals surface area contributed by atoms with E-state index in [2.05, 4.69) is 15.7 Å². The van der Waals surface area contributed by atoms with Crippen LogP contribution in [0.5, 0.6) is 0 Å². The molecule has 10 heteroatoms. The number of anilines is 2. The highest BCUT2D eigenvalue weighted by Crippen LogP contribution is 2.40. The van der Waals surface area contributed by atoms with E-state index in [1.54, 1.807) is 23.0 Å². The molecule has 0 amide bonds. The van der Waals surface area contributed by atoms with Crippen molar-refractivity contribution >= 4 is 68.5 Å². The molecule has 0 aliphatic rings. The number of thiophene rings is 1. The number of aryl methyl sites for hydroxylation is 1. The van der Waals surface area contributed by atoms with Gasteiger partial charge < -0.3 is 15.4 Å². The van der Waals surface area contributed by atoms with Gasteiger partial charge in [0.15, 0.2) is 5.11 Å². The highest BCUT2D eigenvalue weighted by atomic mass is 35.5. The lowest BCUT2D eigenvalue weighted by Gasteiger charge is -2.10. The topological polar surface area (TPSA) is 68.2 Å². The van der Waals surface area contributed by atoms with Crippen LogP contribution in [0.15, 0.2) is 60.9 Å². The number of thiocarbonyl (C=S) groups is 1. The summed E-state index contributed by atoms with van der Waals surface area (Å²) < 4.78 is 6.80. The summed E-state index contributed by atoms with van der Waals surface area (Å²) in [5.74, 6) is -0.429. The number of aromatic nitrogens is 2. The lowest BCUT2D eigenvalue weighted by atomic mass is 10.0. The number of carbonyl (C=O) groups is 1. The molecular formula is C24H20Cl2N4O2S2. The van der Waals surface area contributed by atoms with Crippen molar-refractivity contribution in [1.29, 1.82) is 0 Å². The third kappa shape index (κ3) is 5.42. The summed E-state index contributed by atoms with van der Waals surface area (Å²) >= 11 is 19.2. The summed E-state index contributed by atoms with van der Waals surface area (Å²) in [6, 6.07) is 15.1. The van der Waals surface area contributed by atoms with Gasteiger partial charge >= 0.3 is 5.97 Å². The first-order valence-corrected chi connectivity index (χ1v) is 12.1. The molecule has 0 bridgehead atoms. The van der Waals surface area contributed by atoms with Gasteiger partial charge in [-0.3, -0.25) is 4.68 Å². The molecule has 0 saturated heterocycles. The van der Waals surface area contributed by atoms with Crippen LogP contribution in [0.2, 0.25) is 10.0 Å². The van der Waals surface area contributed by atoms with Gasteiger partial charge in [-0.15, -0.1) is 11.3 Å². The molecule has 0 saturated carbocycles. The molecule has 2 heterocycles. The summed E-state index contributed by atoms with van der Waals surface area (Å²) in [5.41, 5.74) is 3.81. The minimum absolute atomic E-state index is 0.329. The Bertz CT molecular complexity index is 1350. The molecule has 34 heavy (non-hydrogen) atoms. The summed E-state index contributed by atoms with van der Waals surface area (Å²) in [7, 11) is 1.37. The quantitative estimate of drug-likeness (QED) is 0.209. The molecule has 6 nitrogen and oxygen atoms in total. The van der Waals surface area contributed by atoms with Crippen molar-refractivity contribution in [2.24, 2.45) is 0 Å². The maximum atomic E-state index is 12.7. The maximum Gasteiger partial charge on any atom is 0.341 e. The summed E-state index contributed by atoms with van der Waals surface area (Å²) in [4.78, 5) is 13.6. The lowest BCUT2D eigenvalue weighted by molar-refractivity contribution is 0.0603. The van der Waals surface area contributed by atoms with Crippen LogP contribution in [-0.4, -0.2) is 28.0 Å². The fourth-order valence-corrected chi connectivity index (χ4v) is 5.31. The fourth-order valence-electron chi connectivity index (χ4n) is 3.49. The SMILES string of the molecule is COC(=O)c1c(NC(=S)Nc2cnn(Cc3ccc(Cl)cc3Cl)c2)sc(C)c1-c1ccccc1. The first-order chi connectivity index (χ1) is 16.4. The van der Waals surface area contributed by atoms with Crippen molar-refractivity contribution < 1.29 is 9.53 Å². The molecule has 0 aliphatic carbocycles. The second kappa shape index (κ2) is 10.6. The zero-order valence-electron chi connectivity index (χ0n) is 18.3. The van der Waals surface area contributed by atoms with Crippen molar-refractivity contribution in [3.05, 3.63) is 87.0 Å². The van der Waals surface area contributed by atoms with E-state index < -0.39 is 5.97 Å². The number of rotatable bonds is 6. The van der Waals surface area contributed by atoms with E-state index in [0.29, 0.717) is 38.0 Å². The Morgan fingerprint density at radius 1 is 1.18 bits per heavy atom. The fraction of sp³-hybridized carbons (Fsp3) is 0.125. The maximum absolute atomic E-state index is 12.7. The largest absolute Gasteiger partial charge is 0.465 e. The van der Waals surface area contributed by atoms with Crippen LogP contribution in [0.3, 0.4) is 0 Å². The molecule has 4 aromatic rings. The zero-order chi connectivity index (χ0) is 24.2. The molecule has 2 aromatic heterocycles. The van der Waals surface area contributed by atoms with Gasteiger partial charge in [0.1, 0.15) is 10.6 Å².